The molecule has 0 bridgehead atoms. The van der Waals surface area contributed by atoms with Crippen LogP contribution in [0.25, 0.3) is 0 Å². The molecule has 0 heterocycles. The Labute approximate surface area is 96.6 Å². The van der Waals surface area contributed by atoms with Crippen molar-refractivity contribution < 1.29 is 0 Å². The molecule has 2 saturated carbocycles. The van der Waals surface area contributed by atoms with Gasteiger partial charge in [-0.05, 0) is 11.8 Å². The first kappa shape index (κ1) is 11.5. The maximum Gasteiger partial charge on any atom is 0.0699 e. The fraction of sp³-hybridized carbons (Fsp3) is 1.00. The lowest BCUT2D eigenvalue weighted by atomic mass is 9.66. The van der Waals surface area contributed by atoms with Crippen molar-refractivity contribution in [3.63, 3.8) is 0 Å². The molecular formula is C14H25B. The summed E-state index contributed by atoms with van der Waals surface area (Å²) in [4.78, 5) is 0. The number of hydrogen-bond donors (Lipinski definition) is 0. The third kappa shape index (κ3) is 3.54. The van der Waals surface area contributed by atoms with Crippen molar-refractivity contribution >= 4 is 7.85 Å². The van der Waals surface area contributed by atoms with E-state index in [0.717, 1.165) is 11.8 Å². The summed E-state index contributed by atoms with van der Waals surface area (Å²) in [6.45, 7) is 0. The molecule has 0 aromatic rings. The summed E-state index contributed by atoms with van der Waals surface area (Å²) in [5.74, 6) is 2.54. The van der Waals surface area contributed by atoms with Gasteiger partial charge >= 0.3 is 0 Å². The second-order valence-corrected chi connectivity index (χ2v) is 5.79. The minimum atomic E-state index is 0.508. The van der Waals surface area contributed by atoms with Gasteiger partial charge in [0.15, 0.2) is 0 Å². The van der Waals surface area contributed by atoms with E-state index in [-0.39, 0.29) is 0 Å². The van der Waals surface area contributed by atoms with Crippen LogP contribution in [0.3, 0.4) is 0 Å². The zero-order chi connectivity index (χ0) is 10.5. The zero-order valence-corrected chi connectivity index (χ0v) is 10.1. The molecule has 2 rings (SSSR count). The molecule has 0 N–H and O–H groups in total. The van der Waals surface area contributed by atoms with Gasteiger partial charge in [-0.2, -0.15) is 0 Å². The first-order valence-electron chi connectivity index (χ1n) is 7.12. The van der Waals surface area contributed by atoms with Crippen molar-refractivity contribution in [1.82, 2.24) is 0 Å². The lowest BCUT2D eigenvalue weighted by Gasteiger charge is -2.36. The Bertz CT molecular complexity index is 174. The summed E-state index contributed by atoms with van der Waals surface area (Å²) in [6, 6.07) is 0. The maximum atomic E-state index is 6.23. The lowest BCUT2D eigenvalue weighted by molar-refractivity contribution is 0.176. The first-order valence-corrected chi connectivity index (χ1v) is 7.12. The van der Waals surface area contributed by atoms with Gasteiger partial charge in [-0.25, -0.2) is 0 Å². The third-order valence-corrected chi connectivity index (χ3v) is 4.57. The highest BCUT2D eigenvalue weighted by molar-refractivity contribution is 6.11. The molecule has 2 aliphatic carbocycles. The zero-order valence-electron chi connectivity index (χ0n) is 10.1. The van der Waals surface area contributed by atoms with E-state index < -0.39 is 0 Å². The van der Waals surface area contributed by atoms with E-state index in [1.54, 1.807) is 0 Å². The third-order valence-electron chi connectivity index (χ3n) is 4.57. The van der Waals surface area contributed by atoms with Gasteiger partial charge in [-0.1, -0.05) is 76.4 Å². The van der Waals surface area contributed by atoms with E-state index >= 15 is 0 Å². The fourth-order valence-corrected chi connectivity index (χ4v) is 3.31. The highest BCUT2D eigenvalue weighted by atomic mass is 14.3. The SMILES string of the molecule is [B]C1CCCCCCCC(C2CCC2)C1. The summed E-state index contributed by atoms with van der Waals surface area (Å²) < 4.78 is 0. The second kappa shape index (κ2) is 5.96. The van der Waals surface area contributed by atoms with Crippen LogP contribution in [0.5, 0.6) is 0 Å². The minimum absolute atomic E-state index is 0.508. The van der Waals surface area contributed by atoms with Gasteiger partial charge in [-0.3, -0.25) is 0 Å². The van der Waals surface area contributed by atoms with Crippen LogP contribution in [0.4, 0.5) is 0 Å². The molecule has 2 fully saturated rings. The van der Waals surface area contributed by atoms with E-state index in [1.807, 2.05) is 0 Å². The van der Waals surface area contributed by atoms with Crippen LogP contribution in [0.1, 0.15) is 70.6 Å². The van der Waals surface area contributed by atoms with Crippen LogP contribution in [0, 0.1) is 11.8 Å². The Morgan fingerprint density at radius 2 is 1.20 bits per heavy atom. The molecule has 0 aromatic carbocycles. The Morgan fingerprint density at radius 1 is 0.600 bits per heavy atom. The predicted molar refractivity (Wildman–Crippen MR) is 67.3 cm³/mol. The molecule has 2 unspecified atom stereocenters. The normalized spacial score (nSPS) is 35.7. The van der Waals surface area contributed by atoms with E-state index in [2.05, 4.69) is 0 Å². The molecule has 0 saturated heterocycles. The first-order chi connectivity index (χ1) is 7.36. The van der Waals surface area contributed by atoms with Gasteiger partial charge in [0, 0.05) is 0 Å². The molecule has 15 heavy (non-hydrogen) atoms. The molecule has 2 atom stereocenters. The van der Waals surface area contributed by atoms with Gasteiger partial charge in [0.25, 0.3) is 0 Å². The molecule has 2 aliphatic rings. The van der Waals surface area contributed by atoms with Gasteiger partial charge in [0.2, 0.25) is 0 Å². The summed E-state index contributed by atoms with van der Waals surface area (Å²) >= 11 is 0. The van der Waals surface area contributed by atoms with Gasteiger partial charge in [-0.15, -0.1) is 0 Å². The van der Waals surface area contributed by atoms with Gasteiger partial charge < -0.3 is 0 Å². The Hall–Kier alpha value is 0.0649. The molecule has 0 amide bonds. The average molecular weight is 204 g/mol. The topological polar surface area (TPSA) is 0 Å². The van der Waals surface area contributed by atoms with Gasteiger partial charge in [0.05, 0.1) is 7.85 Å². The standard InChI is InChI=1S/C14H25B/c15-14-10-5-3-1-2-4-7-13(11-14)12-8-6-9-12/h12-14H,1-11H2. The molecule has 0 spiro atoms. The molecule has 0 aromatic heterocycles. The molecule has 0 nitrogen and oxygen atoms in total. The van der Waals surface area contributed by atoms with Gasteiger partial charge in [0.1, 0.15) is 0 Å². The van der Waals surface area contributed by atoms with Crippen molar-refractivity contribution in [2.75, 3.05) is 0 Å². The Kier molecular flexibility index (Phi) is 4.59. The summed E-state index contributed by atoms with van der Waals surface area (Å²) in [7, 11) is 6.23. The van der Waals surface area contributed by atoms with Crippen LogP contribution in [-0.2, 0) is 0 Å². The summed E-state index contributed by atoms with van der Waals surface area (Å²) in [5.41, 5.74) is 0. The highest BCUT2D eigenvalue weighted by Gasteiger charge is 2.27. The van der Waals surface area contributed by atoms with Crippen molar-refractivity contribution in [2.24, 2.45) is 11.8 Å². The van der Waals surface area contributed by atoms with E-state index in [4.69, 9.17) is 7.85 Å². The van der Waals surface area contributed by atoms with Crippen molar-refractivity contribution in [2.45, 2.75) is 76.4 Å². The molecule has 2 radical (unpaired) electrons. The Morgan fingerprint density at radius 3 is 1.87 bits per heavy atom. The van der Waals surface area contributed by atoms with Crippen LogP contribution in [-0.4, -0.2) is 7.85 Å². The average Bonchev–Trinajstić information content (AvgIpc) is 2.13. The highest BCUT2D eigenvalue weighted by Crippen LogP contribution is 2.41. The Balaban J connectivity index is 1.82. The summed E-state index contributed by atoms with van der Waals surface area (Å²) in [6.07, 6.45) is 15.7. The number of rotatable bonds is 1. The molecule has 0 aliphatic heterocycles. The predicted octanol–water partition coefficient (Wildman–Crippen LogP) is 4.49. The maximum absolute atomic E-state index is 6.23. The largest absolute Gasteiger partial charge is 0.0771 e. The van der Waals surface area contributed by atoms with E-state index in [0.29, 0.717) is 5.82 Å². The van der Waals surface area contributed by atoms with Crippen LogP contribution in [0.2, 0.25) is 5.82 Å². The fourth-order valence-electron chi connectivity index (χ4n) is 3.31. The molecule has 84 valence electrons. The summed E-state index contributed by atoms with van der Waals surface area (Å²) in [5, 5.41) is 0. The molecular weight excluding hydrogens is 179 g/mol. The van der Waals surface area contributed by atoms with Crippen LogP contribution in [0.15, 0.2) is 0 Å². The monoisotopic (exact) mass is 204 g/mol. The quantitative estimate of drug-likeness (QED) is 0.552. The van der Waals surface area contributed by atoms with Crippen molar-refractivity contribution in [3.05, 3.63) is 0 Å². The van der Waals surface area contributed by atoms with Crippen LogP contribution >= 0.6 is 0 Å². The molecule has 1 heteroatoms. The smallest absolute Gasteiger partial charge is 0.0699 e. The van der Waals surface area contributed by atoms with E-state index in [9.17, 15) is 0 Å². The van der Waals surface area contributed by atoms with E-state index in [1.165, 1.54) is 70.6 Å². The second-order valence-electron chi connectivity index (χ2n) is 5.79. The van der Waals surface area contributed by atoms with Crippen molar-refractivity contribution in [1.29, 1.82) is 0 Å². The van der Waals surface area contributed by atoms with Crippen molar-refractivity contribution in [3.8, 4) is 0 Å². The van der Waals surface area contributed by atoms with Crippen LogP contribution < -0.4 is 0 Å². The minimum Gasteiger partial charge on any atom is -0.0771 e. The number of hydrogen-bond acceptors (Lipinski definition) is 0. The lowest BCUT2D eigenvalue weighted by Crippen LogP contribution is -2.23.